The lowest BCUT2D eigenvalue weighted by Crippen LogP contribution is -2.10. The highest BCUT2D eigenvalue weighted by atomic mass is 35.5. The number of aliphatic carboxylic acids is 1. The number of aromatic nitrogens is 1. The van der Waals surface area contributed by atoms with Gasteiger partial charge in [0.25, 0.3) is 0 Å². The summed E-state index contributed by atoms with van der Waals surface area (Å²) in [6, 6.07) is 10.5. The van der Waals surface area contributed by atoms with Gasteiger partial charge in [0.1, 0.15) is 6.54 Å². The van der Waals surface area contributed by atoms with Gasteiger partial charge in [-0.2, -0.15) is 0 Å². The Morgan fingerprint density at radius 1 is 1.15 bits per heavy atom. The Morgan fingerprint density at radius 2 is 1.89 bits per heavy atom. The van der Waals surface area contributed by atoms with Crippen molar-refractivity contribution >= 4 is 43.9 Å². The number of sulfone groups is 1. The summed E-state index contributed by atoms with van der Waals surface area (Å²) in [7, 11) is -3.61. The van der Waals surface area contributed by atoms with Crippen LogP contribution in [0.15, 0.2) is 46.7 Å². The summed E-state index contributed by atoms with van der Waals surface area (Å²) in [5.41, 5.74) is 4.37. The quantitative estimate of drug-likeness (QED) is 0.714. The van der Waals surface area contributed by atoms with Gasteiger partial charge in [0.2, 0.25) is 9.84 Å². The fourth-order valence-corrected chi connectivity index (χ4v) is 5.40. The molecule has 0 saturated carbocycles. The number of carboxylic acids is 1. The second-order valence-corrected chi connectivity index (χ2v) is 8.88. The van der Waals surface area contributed by atoms with Crippen LogP contribution in [0, 0.1) is 13.8 Å². The predicted octanol–water partition coefficient (Wildman–Crippen LogP) is 4.17. The molecule has 0 unspecified atom stereocenters. The molecule has 138 valence electrons. The highest BCUT2D eigenvalue weighted by Gasteiger charge is 2.31. The lowest BCUT2D eigenvalue weighted by Gasteiger charge is -2.07. The number of rotatable bonds is 3. The first kappa shape index (κ1) is 17.8. The first-order chi connectivity index (χ1) is 12.7. The third-order valence-electron chi connectivity index (χ3n) is 4.85. The minimum absolute atomic E-state index is 0.177. The highest BCUT2D eigenvalue weighted by Crippen LogP contribution is 2.43. The van der Waals surface area contributed by atoms with Crippen molar-refractivity contribution in [2.24, 2.45) is 0 Å². The molecule has 3 aromatic rings. The number of aryl methyl sites for hydroxylation is 1. The molecule has 2 aromatic carbocycles. The third-order valence-corrected chi connectivity index (χ3v) is 6.59. The lowest BCUT2D eigenvalue weighted by atomic mass is 9.96. The molecule has 0 atom stereocenters. The van der Waals surface area contributed by atoms with Crippen molar-refractivity contribution in [3.8, 4) is 0 Å². The van der Waals surface area contributed by atoms with Crippen LogP contribution in [0.2, 0.25) is 5.02 Å². The summed E-state index contributed by atoms with van der Waals surface area (Å²) in [6.45, 7) is 3.56. The van der Waals surface area contributed by atoms with Gasteiger partial charge in [0.15, 0.2) is 0 Å². The van der Waals surface area contributed by atoms with E-state index >= 15 is 0 Å². The molecule has 0 amide bonds. The van der Waals surface area contributed by atoms with E-state index in [1.807, 2.05) is 32.0 Å². The maximum Gasteiger partial charge on any atom is 0.323 e. The number of carboxylic acid groups (broad SMARTS) is 1. The topological polar surface area (TPSA) is 76.4 Å². The number of hydrogen-bond donors (Lipinski definition) is 1. The predicted molar refractivity (Wildman–Crippen MR) is 105 cm³/mol. The van der Waals surface area contributed by atoms with Gasteiger partial charge in [-0.3, -0.25) is 4.79 Å². The van der Waals surface area contributed by atoms with Crippen molar-refractivity contribution in [2.75, 3.05) is 0 Å². The summed E-state index contributed by atoms with van der Waals surface area (Å²) >= 11 is 6.00. The molecular formula is C20H16ClNO4S. The van der Waals surface area contributed by atoms with Gasteiger partial charge < -0.3 is 9.67 Å². The van der Waals surface area contributed by atoms with Crippen LogP contribution < -0.4 is 0 Å². The van der Waals surface area contributed by atoms with E-state index in [-0.39, 0.29) is 11.4 Å². The van der Waals surface area contributed by atoms with Gasteiger partial charge in [-0.05, 0) is 38.1 Å². The summed E-state index contributed by atoms with van der Waals surface area (Å²) in [5.74, 6) is -0.956. The Kier molecular flexibility index (Phi) is 3.94. The fourth-order valence-electron chi connectivity index (χ4n) is 3.70. The van der Waals surface area contributed by atoms with Crippen molar-refractivity contribution in [2.45, 2.75) is 25.3 Å². The number of halogens is 1. The van der Waals surface area contributed by atoms with Crippen LogP contribution in [-0.4, -0.2) is 24.1 Å². The summed E-state index contributed by atoms with van der Waals surface area (Å²) in [5, 5.41) is 11.7. The number of carbonyl (C=O) groups is 1. The van der Waals surface area contributed by atoms with Gasteiger partial charge >= 0.3 is 5.97 Å². The third kappa shape index (κ3) is 2.76. The zero-order chi connectivity index (χ0) is 19.5. The standard InChI is InChI=1S/C20H16ClNO4S/c1-11-3-6-17-15(7-11)20(12(2)22(17)9-19(23)24)16-10-27(25,26)18-8-13(21)4-5-14(16)18/h3-8,10H,9H2,1-2H3,(H,23,24). The Balaban J connectivity index is 2.08. The van der Waals surface area contributed by atoms with Gasteiger partial charge in [-0.1, -0.05) is 29.3 Å². The van der Waals surface area contributed by atoms with E-state index in [2.05, 4.69) is 0 Å². The van der Waals surface area contributed by atoms with Gasteiger partial charge in [0, 0.05) is 43.7 Å². The zero-order valence-corrected chi connectivity index (χ0v) is 16.2. The molecule has 0 fully saturated rings. The van der Waals surface area contributed by atoms with E-state index in [1.54, 1.807) is 16.7 Å². The van der Waals surface area contributed by atoms with Crippen molar-refractivity contribution in [3.05, 3.63) is 69.2 Å². The summed E-state index contributed by atoms with van der Waals surface area (Å²) < 4.78 is 27.0. The van der Waals surface area contributed by atoms with Gasteiger partial charge in [-0.15, -0.1) is 0 Å². The molecule has 5 nitrogen and oxygen atoms in total. The Morgan fingerprint density at radius 3 is 2.59 bits per heavy atom. The number of benzene rings is 2. The van der Waals surface area contributed by atoms with E-state index in [1.165, 1.54) is 11.5 Å². The average molecular weight is 402 g/mol. The minimum Gasteiger partial charge on any atom is -0.480 e. The highest BCUT2D eigenvalue weighted by molar-refractivity contribution is 7.95. The summed E-state index contributed by atoms with van der Waals surface area (Å²) in [4.78, 5) is 11.5. The van der Waals surface area contributed by atoms with Crippen LogP contribution in [0.5, 0.6) is 0 Å². The lowest BCUT2D eigenvalue weighted by molar-refractivity contribution is -0.137. The molecule has 2 heterocycles. The molecule has 27 heavy (non-hydrogen) atoms. The van der Waals surface area contributed by atoms with Crippen LogP contribution >= 0.6 is 11.6 Å². The number of fused-ring (bicyclic) bond motifs is 2. The van der Waals surface area contributed by atoms with Gasteiger partial charge in [0.05, 0.1) is 4.90 Å². The Bertz CT molecular complexity index is 1270. The van der Waals surface area contributed by atoms with Crippen LogP contribution in [-0.2, 0) is 21.2 Å². The fraction of sp³-hybridized carbons (Fsp3) is 0.150. The first-order valence-electron chi connectivity index (χ1n) is 8.27. The second-order valence-electron chi connectivity index (χ2n) is 6.68. The SMILES string of the molecule is Cc1ccc2c(c1)c(C1=CS(=O)(=O)c3cc(Cl)ccc31)c(C)n2CC(=O)O. The van der Waals surface area contributed by atoms with Crippen LogP contribution in [0.4, 0.5) is 0 Å². The Labute approximate surface area is 161 Å². The van der Waals surface area contributed by atoms with Crippen LogP contribution in [0.3, 0.4) is 0 Å². The largest absolute Gasteiger partial charge is 0.480 e. The van der Waals surface area contributed by atoms with E-state index in [0.29, 0.717) is 21.9 Å². The summed E-state index contributed by atoms with van der Waals surface area (Å²) in [6.07, 6.45) is 0. The van der Waals surface area contributed by atoms with E-state index in [4.69, 9.17) is 11.6 Å². The maximum atomic E-state index is 12.7. The zero-order valence-electron chi connectivity index (χ0n) is 14.7. The molecule has 1 aromatic heterocycles. The molecule has 1 aliphatic heterocycles. The van der Waals surface area contributed by atoms with Gasteiger partial charge in [-0.25, -0.2) is 8.42 Å². The minimum atomic E-state index is -3.61. The van der Waals surface area contributed by atoms with Crippen molar-refractivity contribution in [1.82, 2.24) is 4.57 Å². The first-order valence-corrected chi connectivity index (χ1v) is 10.2. The molecule has 0 radical (unpaired) electrons. The second kappa shape index (κ2) is 5.97. The molecule has 1 aliphatic rings. The normalized spacial score (nSPS) is 15.0. The molecule has 0 aliphatic carbocycles. The number of nitrogens with zero attached hydrogens (tertiary/aromatic N) is 1. The average Bonchev–Trinajstić information content (AvgIpc) is 2.98. The Hall–Kier alpha value is -2.57. The molecular weight excluding hydrogens is 386 g/mol. The molecule has 0 bridgehead atoms. The smallest absolute Gasteiger partial charge is 0.323 e. The van der Waals surface area contributed by atoms with Crippen molar-refractivity contribution in [1.29, 1.82) is 0 Å². The molecule has 7 heteroatoms. The monoisotopic (exact) mass is 401 g/mol. The van der Waals surface area contributed by atoms with Crippen LogP contribution in [0.25, 0.3) is 16.5 Å². The van der Waals surface area contributed by atoms with E-state index < -0.39 is 15.8 Å². The molecule has 1 N–H and O–H groups in total. The van der Waals surface area contributed by atoms with E-state index in [9.17, 15) is 18.3 Å². The van der Waals surface area contributed by atoms with Crippen LogP contribution in [0.1, 0.15) is 22.4 Å². The maximum absolute atomic E-state index is 12.7. The molecule has 0 saturated heterocycles. The van der Waals surface area contributed by atoms with E-state index in [0.717, 1.165) is 22.0 Å². The van der Waals surface area contributed by atoms with Crippen molar-refractivity contribution < 1.29 is 18.3 Å². The molecule has 4 rings (SSSR count). The number of hydrogen-bond acceptors (Lipinski definition) is 3. The molecule has 0 spiro atoms. The van der Waals surface area contributed by atoms with Crippen molar-refractivity contribution in [3.63, 3.8) is 0 Å².